The molecule has 1 aliphatic heterocycles. The van der Waals surface area contributed by atoms with Crippen LogP contribution >= 0.6 is 11.3 Å². The van der Waals surface area contributed by atoms with Crippen molar-refractivity contribution in [2.45, 2.75) is 26.4 Å². The van der Waals surface area contributed by atoms with Crippen LogP contribution in [-0.4, -0.2) is 59.5 Å². The van der Waals surface area contributed by atoms with Crippen molar-refractivity contribution in [1.82, 2.24) is 14.8 Å². The molecule has 2 heterocycles. The molecule has 5 nitrogen and oxygen atoms in total. The molecule has 1 aliphatic rings. The van der Waals surface area contributed by atoms with Gasteiger partial charge in [-0.3, -0.25) is 9.69 Å². The van der Waals surface area contributed by atoms with Crippen LogP contribution in [-0.2, 0) is 11.3 Å². The molecular formula is C19H26N4OS. The average molecular weight is 359 g/mol. The Bertz CT molecular complexity index is 653. The quantitative estimate of drug-likeness (QED) is 0.796. The predicted octanol–water partition coefficient (Wildman–Crippen LogP) is 2.70. The van der Waals surface area contributed by atoms with Crippen molar-refractivity contribution in [3.63, 3.8) is 0 Å². The van der Waals surface area contributed by atoms with Gasteiger partial charge in [0.2, 0.25) is 5.91 Å². The van der Waals surface area contributed by atoms with E-state index in [9.17, 15) is 4.79 Å². The summed E-state index contributed by atoms with van der Waals surface area (Å²) < 4.78 is 0. The van der Waals surface area contributed by atoms with Gasteiger partial charge in [0.05, 0.1) is 6.04 Å². The Balaban J connectivity index is 1.56. The number of thiazole rings is 1. The molecule has 0 spiro atoms. The van der Waals surface area contributed by atoms with Gasteiger partial charge < -0.3 is 9.80 Å². The van der Waals surface area contributed by atoms with E-state index >= 15 is 0 Å². The normalized spacial score (nSPS) is 16.6. The third-order valence-corrected chi connectivity index (χ3v) is 5.65. The van der Waals surface area contributed by atoms with Gasteiger partial charge in [-0.25, -0.2) is 4.98 Å². The summed E-state index contributed by atoms with van der Waals surface area (Å²) in [6, 6.07) is 10.1. The zero-order valence-corrected chi connectivity index (χ0v) is 15.8. The second-order valence-corrected chi connectivity index (χ2v) is 7.22. The van der Waals surface area contributed by atoms with Crippen LogP contribution in [0, 0.1) is 0 Å². The summed E-state index contributed by atoms with van der Waals surface area (Å²) in [5.74, 6) is 0.217. The number of likely N-dealkylation sites (N-methyl/N-ethyl adjacent to an activating group) is 1. The molecule has 0 radical (unpaired) electrons. The summed E-state index contributed by atoms with van der Waals surface area (Å²) in [6.45, 7) is 9.15. The number of carbonyl (C=O) groups excluding carboxylic acids is 1. The average Bonchev–Trinajstić information content (AvgIpc) is 3.21. The molecule has 6 heteroatoms. The minimum Gasteiger partial charge on any atom is -0.346 e. The third-order valence-electron chi connectivity index (χ3n) is 4.82. The summed E-state index contributed by atoms with van der Waals surface area (Å²) in [4.78, 5) is 23.9. The maximum absolute atomic E-state index is 12.9. The van der Waals surface area contributed by atoms with E-state index in [0.29, 0.717) is 6.54 Å². The Morgan fingerprint density at radius 2 is 1.96 bits per heavy atom. The van der Waals surface area contributed by atoms with Gasteiger partial charge in [0, 0.05) is 50.8 Å². The minimum atomic E-state index is -0.0814. The maximum atomic E-state index is 12.9. The highest BCUT2D eigenvalue weighted by Gasteiger charge is 2.28. The van der Waals surface area contributed by atoms with Crippen LogP contribution < -0.4 is 4.90 Å². The zero-order chi connectivity index (χ0) is 17.6. The Labute approximate surface area is 153 Å². The number of aromatic nitrogens is 1. The van der Waals surface area contributed by atoms with E-state index in [2.05, 4.69) is 26.9 Å². The molecule has 2 aromatic rings. The molecule has 0 saturated carbocycles. The Kier molecular flexibility index (Phi) is 6.04. The van der Waals surface area contributed by atoms with E-state index in [1.54, 1.807) is 11.3 Å². The molecule has 134 valence electrons. The fourth-order valence-corrected chi connectivity index (χ4v) is 3.94. The van der Waals surface area contributed by atoms with Crippen LogP contribution in [0.4, 0.5) is 5.13 Å². The smallest absolute Gasteiger partial charge is 0.239 e. The van der Waals surface area contributed by atoms with Crippen LogP contribution in [0.15, 0.2) is 41.9 Å². The van der Waals surface area contributed by atoms with Crippen molar-refractivity contribution in [2.24, 2.45) is 0 Å². The van der Waals surface area contributed by atoms with Crippen LogP contribution in [0.3, 0.4) is 0 Å². The molecule has 1 saturated heterocycles. The molecule has 0 aliphatic carbocycles. The van der Waals surface area contributed by atoms with Gasteiger partial charge in [-0.1, -0.05) is 30.3 Å². The molecule has 0 N–H and O–H groups in total. The van der Waals surface area contributed by atoms with Gasteiger partial charge in [0.1, 0.15) is 0 Å². The molecule has 1 amide bonds. The Morgan fingerprint density at radius 1 is 1.24 bits per heavy atom. The number of benzene rings is 1. The highest BCUT2D eigenvalue weighted by atomic mass is 32.1. The summed E-state index contributed by atoms with van der Waals surface area (Å²) in [5, 5.41) is 3.09. The van der Waals surface area contributed by atoms with Crippen LogP contribution in [0.1, 0.15) is 19.4 Å². The molecule has 0 bridgehead atoms. The standard InChI is InChI=1S/C19H26N4OS/c1-3-21(15-17-7-5-4-6-8-17)18(24)16(2)22-10-12-23(13-11-22)19-20-9-14-25-19/h4-9,14,16H,3,10-13,15H2,1-2H3. The van der Waals surface area contributed by atoms with Crippen molar-refractivity contribution in [3.05, 3.63) is 47.5 Å². The lowest BCUT2D eigenvalue weighted by Crippen LogP contribution is -2.54. The number of nitrogens with zero attached hydrogens (tertiary/aromatic N) is 4. The number of anilines is 1. The maximum Gasteiger partial charge on any atom is 0.239 e. The van der Waals surface area contributed by atoms with Gasteiger partial charge in [-0.15, -0.1) is 11.3 Å². The van der Waals surface area contributed by atoms with Gasteiger partial charge in [-0.2, -0.15) is 0 Å². The first-order valence-corrected chi connectivity index (χ1v) is 9.78. The largest absolute Gasteiger partial charge is 0.346 e. The molecule has 1 atom stereocenters. The number of rotatable bonds is 6. The molecule has 3 rings (SSSR count). The number of piperazine rings is 1. The van der Waals surface area contributed by atoms with E-state index < -0.39 is 0 Å². The summed E-state index contributed by atoms with van der Waals surface area (Å²) in [7, 11) is 0. The molecule has 1 unspecified atom stereocenters. The topological polar surface area (TPSA) is 39.7 Å². The summed E-state index contributed by atoms with van der Waals surface area (Å²) in [5.41, 5.74) is 1.18. The highest BCUT2D eigenvalue weighted by molar-refractivity contribution is 7.13. The fourth-order valence-electron chi connectivity index (χ4n) is 3.24. The predicted molar refractivity (Wildman–Crippen MR) is 103 cm³/mol. The monoisotopic (exact) mass is 358 g/mol. The second-order valence-electron chi connectivity index (χ2n) is 6.35. The minimum absolute atomic E-state index is 0.0814. The van der Waals surface area contributed by atoms with Gasteiger partial charge in [-0.05, 0) is 19.4 Å². The molecule has 25 heavy (non-hydrogen) atoms. The van der Waals surface area contributed by atoms with Crippen molar-refractivity contribution < 1.29 is 4.79 Å². The lowest BCUT2D eigenvalue weighted by atomic mass is 10.1. The van der Waals surface area contributed by atoms with E-state index in [4.69, 9.17) is 0 Å². The Morgan fingerprint density at radius 3 is 2.56 bits per heavy atom. The first-order valence-electron chi connectivity index (χ1n) is 8.90. The van der Waals surface area contributed by atoms with E-state index in [1.807, 2.05) is 48.5 Å². The molecule has 1 aromatic carbocycles. The lowest BCUT2D eigenvalue weighted by Gasteiger charge is -2.38. The molecular weight excluding hydrogens is 332 g/mol. The highest BCUT2D eigenvalue weighted by Crippen LogP contribution is 2.20. The van der Waals surface area contributed by atoms with Crippen LogP contribution in [0.5, 0.6) is 0 Å². The first kappa shape index (κ1) is 17.9. The SMILES string of the molecule is CCN(Cc1ccccc1)C(=O)C(C)N1CCN(c2nccs2)CC1. The zero-order valence-electron chi connectivity index (χ0n) is 15.0. The summed E-state index contributed by atoms with van der Waals surface area (Å²) >= 11 is 1.68. The number of hydrogen-bond acceptors (Lipinski definition) is 5. The summed E-state index contributed by atoms with van der Waals surface area (Å²) in [6.07, 6.45) is 1.85. The first-order chi connectivity index (χ1) is 12.2. The lowest BCUT2D eigenvalue weighted by molar-refractivity contribution is -0.137. The molecule has 1 fully saturated rings. The second kappa shape index (κ2) is 8.45. The van der Waals surface area contributed by atoms with Gasteiger partial charge >= 0.3 is 0 Å². The van der Waals surface area contributed by atoms with Gasteiger partial charge in [0.15, 0.2) is 5.13 Å². The van der Waals surface area contributed by atoms with Gasteiger partial charge in [0.25, 0.3) is 0 Å². The van der Waals surface area contributed by atoms with Crippen LogP contribution in [0.25, 0.3) is 0 Å². The van der Waals surface area contributed by atoms with Crippen molar-refractivity contribution in [3.8, 4) is 0 Å². The van der Waals surface area contributed by atoms with Crippen molar-refractivity contribution in [1.29, 1.82) is 0 Å². The third kappa shape index (κ3) is 4.38. The number of hydrogen-bond donors (Lipinski definition) is 0. The van der Waals surface area contributed by atoms with E-state index in [1.165, 1.54) is 5.56 Å². The number of amides is 1. The van der Waals surface area contributed by atoms with Crippen molar-refractivity contribution >= 4 is 22.4 Å². The fraction of sp³-hybridized carbons (Fsp3) is 0.474. The van der Waals surface area contributed by atoms with Crippen molar-refractivity contribution in [2.75, 3.05) is 37.6 Å². The van der Waals surface area contributed by atoms with E-state index in [0.717, 1.165) is 37.9 Å². The van der Waals surface area contributed by atoms with E-state index in [-0.39, 0.29) is 11.9 Å². The Hall–Kier alpha value is -1.92. The van der Waals surface area contributed by atoms with Crippen LogP contribution in [0.2, 0.25) is 0 Å². The number of carbonyl (C=O) groups is 1. The molecule has 1 aromatic heterocycles.